The van der Waals surface area contributed by atoms with Gasteiger partial charge in [0.15, 0.2) is 0 Å². The van der Waals surface area contributed by atoms with E-state index in [1.54, 1.807) is 18.5 Å². The fourth-order valence-electron chi connectivity index (χ4n) is 2.08. The van der Waals surface area contributed by atoms with Gasteiger partial charge in [-0.15, -0.1) is 0 Å². The maximum Gasteiger partial charge on any atom is 0.138 e. The van der Waals surface area contributed by atoms with Crippen LogP contribution in [0.25, 0.3) is 0 Å². The van der Waals surface area contributed by atoms with Gasteiger partial charge in [0.2, 0.25) is 0 Å². The summed E-state index contributed by atoms with van der Waals surface area (Å²) in [7, 11) is 0. The molecule has 1 aromatic carbocycles. The Hall–Kier alpha value is -2.01. The monoisotopic (exact) mass is 292 g/mol. The highest BCUT2D eigenvalue weighted by Crippen LogP contribution is 2.21. The summed E-state index contributed by atoms with van der Waals surface area (Å²) in [5.41, 5.74) is 7.36. The molecule has 0 bridgehead atoms. The first-order chi connectivity index (χ1) is 9.94. The van der Waals surface area contributed by atoms with Gasteiger partial charge in [-0.05, 0) is 49.6 Å². The number of nitrogens with two attached hydrogens (primary N) is 1. The van der Waals surface area contributed by atoms with Gasteiger partial charge in [-0.2, -0.15) is 0 Å². The number of hydrogen-bond donors (Lipinski definition) is 1. The summed E-state index contributed by atoms with van der Waals surface area (Å²) in [5, 5.41) is 0. The van der Waals surface area contributed by atoms with Gasteiger partial charge in [-0.1, -0.05) is 0 Å². The molecule has 0 radical (unpaired) electrons. The van der Waals surface area contributed by atoms with Crippen molar-refractivity contribution in [3.8, 4) is 5.75 Å². The number of aromatic nitrogens is 1. The Bertz CT molecular complexity index is 597. The van der Waals surface area contributed by atoms with Crippen LogP contribution in [-0.2, 0) is 6.42 Å². The molecule has 0 saturated heterocycles. The van der Waals surface area contributed by atoms with Crippen molar-refractivity contribution < 1.29 is 13.5 Å². The molecule has 0 amide bonds. The van der Waals surface area contributed by atoms with E-state index in [2.05, 4.69) is 4.98 Å². The highest BCUT2D eigenvalue weighted by Gasteiger charge is 2.11. The second-order valence-electron chi connectivity index (χ2n) is 5.21. The van der Waals surface area contributed by atoms with E-state index in [9.17, 15) is 8.78 Å². The van der Waals surface area contributed by atoms with E-state index in [0.29, 0.717) is 17.7 Å². The van der Waals surface area contributed by atoms with Crippen molar-refractivity contribution in [1.29, 1.82) is 0 Å². The first-order valence-electron chi connectivity index (χ1n) is 6.76. The molecule has 0 aliphatic heterocycles. The smallest absolute Gasteiger partial charge is 0.138 e. The second-order valence-corrected chi connectivity index (χ2v) is 5.21. The van der Waals surface area contributed by atoms with Crippen LogP contribution in [-0.4, -0.2) is 11.1 Å². The standard InChI is InChI=1S/C16H18F2N2O/c1-10(2)21-15-6-12(8-20-9-15)16(19)5-11-3-13(17)7-14(18)4-11/h3-4,6-10,16H,5,19H2,1-2H3. The third-order valence-electron chi connectivity index (χ3n) is 2.91. The first-order valence-corrected chi connectivity index (χ1v) is 6.76. The van der Waals surface area contributed by atoms with Gasteiger partial charge in [0, 0.05) is 18.3 Å². The Morgan fingerprint density at radius 3 is 2.38 bits per heavy atom. The number of ether oxygens (including phenoxy) is 1. The van der Waals surface area contributed by atoms with Gasteiger partial charge in [-0.3, -0.25) is 4.98 Å². The third-order valence-corrected chi connectivity index (χ3v) is 2.91. The largest absolute Gasteiger partial charge is 0.489 e. The lowest BCUT2D eigenvalue weighted by Crippen LogP contribution is -2.14. The number of rotatable bonds is 5. The minimum atomic E-state index is -0.604. The van der Waals surface area contributed by atoms with Crippen LogP contribution in [0.15, 0.2) is 36.7 Å². The Morgan fingerprint density at radius 1 is 1.10 bits per heavy atom. The molecule has 112 valence electrons. The van der Waals surface area contributed by atoms with Crippen molar-refractivity contribution in [2.75, 3.05) is 0 Å². The fraction of sp³-hybridized carbons (Fsp3) is 0.312. The number of nitrogens with zero attached hydrogens (tertiary/aromatic N) is 1. The summed E-state index contributed by atoms with van der Waals surface area (Å²) in [6, 6.07) is 4.80. The molecule has 0 fully saturated rings. The quantitative estimate of drug-likeness (QED) is 0.919. The topological polar surface area (TPSA) is 48.1 Å². The maximum atomic E-state index is 13.2. The molecule has 21 heavy (non-hydrogen) atoms. The zero-order chi connectivity index (χ0) is 15.4. The van der Waals surface area contributed by atoms with Gasteiger partial charge < -0.3 is 10.5 Å². The third kappa shape index (κ3) is 4.49. The molecule has 2 rings (SSSR count). The molecule has 0 aliphatic carbocycles. The van der Waals surface area contributed by atoms with Crippen LogP contribution in [0.3, 0.4) is 0 Å². The molecule has 1 unspecified atom stereocenters. The second kappa shape index (κ2) is 6.63. The van der Waals surface area contributed by atoms with Crippen molar-refractivity contribution in [2.24, 2.45) is 5.73 Å². The van der Waals surface area contributed by atoms with Gasteiger partial charge in [0.05, 0.1) is 12.3 Å². The number of halogens is 2. The molecule has 5 heteroatoms. The van der Waals surface area contributed by atoms with Crippen LogP contribution in [0.2, 0.25) is 0 Å². The van der Waals surface area contributed by atoms with Crippen molar-refractivity contribution in [2.45, 2.75) is 32.4 Å². The fourth-order valence-corrected chi connectivity index (χ4v) is 2.08. The SMILES string of the molecule is CC(C)Oc1cncc(C(N)Cc2cc(F)cc(F)c2)c1. The molecular formula is C16H18F2N2O. The van der Waals surface area contributed by atoms with E-state index in [0.717, 1.165) is 11.6 Å². The molecule has 2 aromatic rings. The summed E-state index contributed by atoms with van der Waals surface area (Å²) in [5.74, 6) is -0.581. The molecule has 1 atom stereocenters. The average Bonchev–Trinajstić information content (AvgIpc) is 2.36. The van der Waals surface area contributed by atoms with E-state index in [1.165, 1.54) is 12.1 Å². The summed E-state index contributed by atoms with van der Waals surface area (Å²) < 4.78 is 31.9. The van der Waals surface area contributed by atoms with Crippen molar-refractivity contribution >= 4 is 0 Å². The van der Waals surface area contributed by atoms with Gasteiger partial charge in [-0.25, -0.2) is 8.78 Å². The Kier molecular flexibility index (Phi) is 4.85. The number of pyridine rings is 1. The molecule has 0 aliphatic rings. The summed E-state index contributed by atoms with van der Waals surface area (Å²) >= 11 is 0. The Morgan fingerprint density at radius 2 is 1.76 bits per heavy atom. The lowest BCUT2D eigenvalue weighted by Gasteiger charge is -2.15. The average molecular weight is 292 g/mol. The van der Waals surface area contributed by atoms with Crippen LogP contribution in [0.4, 0.5) is 8.78 Å². The Balaban J connectivity index is 2.14. The van der Waals surface area contributed by atoms with Crippen molar-refractivity contribution in [3.63, 3.8) is 0 Å². The van der Waals surface area contributed by atoms with Crippen LogP contribution in [0.1, 0.15) is 31.0 Å². The summed E-state index contributed by atoms with van der Waals surface area (Å²) in [6.45, 7) is 3.84. The molecule has 1 heterocycles. The van der Waals surface area contributed by atoms with E-state index in [4.69, 9.17) is 10.5 Å². The molecule has 0 saturated carbocycles. The van der Waals surface area contributed by atoms with Crippen molar-refractivity contribution in [1.82, 2.24) is 4.98 Å². The number of benzene rings is 1. The van der Waals surface area contributed by atoms with Crippen LogP contribution >= 0.6 is 0 Å². The van der Waals surface area contributed by atoms with E-state index in [1.807, 2.05) is 13.8 Å². The van der Waals surface area contributed by atoms with Gasteiger partial charge >= 0.3 is 0 Å². The van der Waals surface area contributed by atoms with Crippen LogP contribution < -0.4 is 10.5 Å². The lowest BCUT2D eigenvalue weighted by molar-refractivity contribution is 0.241. The summed E-state index contributed by atoms with van der Waals surface area (Å²) in [6.07, 6.45) is 3.60. The first kappa shape index (κ1) is 15.4. The maximum absolute atomic E-state index is 13.2. The minimum Gasteiger partial charge on any atom is -0.489 e. The lowest BCUT2D eigenvalue weighted by atomic mass is 10.0. The molecule has 1 aromatic heterocycles. The minimum absolute atomic E-state index is 0.0376. The zero-order valence-electron chi connectivity index (χ0n) is 12.0. The highest BCUT2D eigenvalue weighted by atomic mass is 19.1. The molecular weight excluding hydrogens is 274 g/mol. The van der Waals surface area contributed by atoms with Crippen molar-refractivity contribution in [3.05, 3.63) is 59.4 Å². The van der Waals surface area contributed by atoms with Crippen LogP contribution in [0.5, 0.6) is 5.75 Å². The zero-order valence-corrected chi connectivity index (χ0v) is 12.0. The van der Waals surface area contributed by atoms with Crippen LogP contribution in [0, 0.1) is 11.6 Å². The van der Waals surface area contributed by atoms with Gasteiger partial charge in [0.1, 0.15) is 17.4 Å². The number of hydrogen-bond acceptors (Lipinski definition) is 3. The Labute approximate surface area is 122 Å². The van der Waals surface area contributed by atoms with E-state index >= 15 is 0 Å². The normalized spacial score (nSPS) is 12.5. The molecule has 3 nitrogen and oxygen atoms in total. The molecule has 0 spiro atoms. The highest BCUT2D eigenvalue weighted by molar-refractivity contribution is 5.28. The molecule has 2 N–H and O–H groups in total. The van der Waals surface area contributed by atoms with E-state index < -0.39 is 17.7 Å². The van der Waals surface area contributed by atoms with Gasteiger partial charge in [0.25, 0.3) is 0 Å². The summed E-state index contributed by atoms with van der Waals surface area (Å²) in [4.78, 5) is 4.08. The predicted molar refractivity (Wildman–Crippen MR) is 77.0 cm³/mol. The predicted octanol–water partition coefficient (Wildman–Crippen LogP) is 3.39. The van der Waals surface area contributed by atoms with E-state index in [-0.39, 0.29) is 6.10 Å².